The number of nitrogen functional groups attached to an aromatic ring is 1. The first-order valence-electron chi connectivity index (χ1n) is 14.5. The predicted octanol–water partition coefficient (Wildman–Crippen LogP) is 4.95. The third-order valence-corrected chi connectivity index (χ3v) is 7.96. The number of benzene rings is 1. The van der Waals surface area contributed by atoms with Gasteiger partial charge in [0.2, 0.25) is 5.91 Å². The van der Waals surface area contributed by atoms with Crippen molar-refractivity contribution in [1.82, 2.24) is 30.4 Å². The van der Waals surface area contributed by atoms with Crippen LogP contribution < -0.4 is 21.7 Å². The number of rotatable bonds is 3. The molecule has 0 spiro atoms. The summed E-state index contributed by atoms with van der Waals surface area (Å²) in [5, 5.41) is 14.5. The molecule has 228 valence electrons. The van der Waals surface area contributed by atoms with Crippen molar-refractivity contribution in [1.29, 1.82) is 0 Å². The van der Waals surface area contributed by atoms with Gasteiger partial charge in [0, 0.05) is 35.1 Å². The van der Waals surface area contributed by atoms with Crippen LogP contribution in [0.15, 0.2) is 54.9 Å². The van der Waals surface area contributed by atoms with Crippen molar-refractivity contribution in [2.24, 2.45) is 0 Å². The molecule has 1 aromatic carbocycles. The average Bonchev–Trinajstić information content (AvgIpc) is 3.41. The largest absolute Gasteiger partial charge is 0.416 e. The Labute approximate surface area is 250 Å². The molecule has 2 bridgehead atoms. The van der Waals surface area contributed by atoms with Crippen molar-refractivity contribution in [2.75, 3.05) is 24.1 Å². The Balaban J connectivity index is 1.35. The first-order chi connectivity index (χ1) is 21.2. The number of nitrogens with one attached hydrogen (secondary N) is 3. The van der Waals surface area contributed by atoms with Crippen LogP contribution in [-0.4, -0.2) is 50.7 Å². The van der Waals surface area contributed by atoms with Crippen LogP contribution in [0.3, 0.4) is 0 Å². The molecule has 2 amide bonds. The lowest BCUT2D eigenvalue weighted by molar-refractivity contribution is -0.137. The van der Waals surface area contributed by atoms with Gasteiger partial charge in [0.25, 0.3) is 5.91 Å². The third-order valence-electron chi connectivity index (χ3n) is 7.96. The van der Waals surface area contributed by atoms with Crippen molar-refractivity contribution in [3.8, 4) is 11.3 Å². The molecule has 10 nitrogen and oxygen atoms in total. The number of nitrogens with zero attached hydrogens (tertiary/aromatic N) is 4. The lowest BCUT2D eigenvalue weighted by atomic mass is 9.90. The molecule has 0 radical (unpaired) electrons. The van der Waals surface area contributed by atoms with Gasteiger partial charge in [-0.15, -0.1) is 0 Å². The van der Waals surface area contributed by atoms with E-state index in [-0.39, 0.29) is 35.9 Å². The van der Waals surface area contributed by atoms with Crippen LogP contribution in [-0.2, 0) is 11.0 Å². The number of hydrogen-bond acceptors (Lipinski definition) is 7. The molecule has 2 atom stereocenters. The van der Waals surface area contributed by atoms with Gasteiger partial charge in [0.05, 0.1) is 29.1 Å². The van der Waals surface area contributed by atoms with E-state index < -0.39 is 17.6 Å². The Kier molecular flexibility index (Phi) is 8.04. The molecule has 1 aliphatic carbocycles. The molecule has 5 N–H and O–H groups in total. The van der Waals surface area contributed by atoms with Gasteiger partial charge in [-0.05, 0) is 62.9 Å². The Morgan fingerprint density at radius 1 is 1.11 bits per heavy atom. The number of carbonyl (C=O) groups excluding carboxylic acids is 2. The van der Waals surface area contributed by atoms with Gasteiger partial charge in [-0.3, -0.25) is 14.3 Å². The van der Waals surface area contributed by atoms with Crippen LogP contribution in [0.25, 0.3) is 28.2 Å². The van der Waals surface area contributed by atoms with Crippen LogP contribution >= 0.6 is 0 Å². The van der Waals surface area contributed by atoms with Gasteiger partial charge in [-0.1, -0.05) is 24.3 Å². The molecule has 0 saturated heterocycles. The molecule has 6 rings (SSSR count). The number of nitrogens with two attached hydrogens (primary N) is 1. The van der Waals surface area contributed by atoms with Crippen molar-refractivity contribution in [2.45, 2.75) is 50.4 Å². The van der Waals surface area contributed by atoms with Crippen molar-refractivity contribution >= 4 is 40.4 Å². The topological polar surface area (TPSA) is 140 Å². The molecule has 1 fully saturated rings. The van der Waals surface area contributed by atoms with Gasteiger partial charge in [-0.2, -0.15) is 18.3 Å². The summed E-state index contributed by atoms with van der Waals surface area (Å²) in [4.78, 5) is 33.7. The van der Waals surface area contributed by atoms with E-state index in [0.29, 0.717) is 35.4 Å². The number of fused-ring (bicyclic) bond motifs is 3. The van der Waals surface area contributed by atoms with E-state index in [1.807, 2.05) is 16.8 Å². The van der Waals surface area contributed by atoms with Crippen LogP contribution in [0.5, 0.6) is 0 Å². The number of pyridine rings is 2. The standard InChI is InChI=1S/C31H31F3N8O2/c32-31(33,34)21-11-13-37-24(14-21)40-30(44)19-9-7-18(8-10-19)27-26-28-20(16-38-29(26)35)4-1-2-12-36-17-25(43)39-22-5-3-6-23(15-22)42(28)41-27/h1,4,7-11,13-14,16,22-23,36H,2-3,5-6,12,15,17H2,(H2,35,38)(H,39,43)(H,37,40,44)/t22-,23-/m1/s1. The molecule has 0 unspecified atom stereocenters. The zero-order chi connectivity index (χ0) is 30.8. The SMILES string of the molecule is Nc1ncc2c3c1c(-c1ccc(C(=O)Nc4cc(C(F)(F)F)ccn4)cc1)nn3[C@@H]1CCC[C@H](C1)NC(=O)CNCCC=C2. The summed E-state index contributed by atoms with van der Waals surface area (Å²) in [7, 11) is 0. The molecule has 3 aromatic heterocycles. The van der Waals surface area contributed by atoms with Crippen LogP contribution in [0.4, 0.5) is 24.8 Å². The highest BCUT2D eigenvalue weighted by molar-refractivity contribution is 6.06. The van der Waals surface area contributed by atoms with E-state index >= 15 is 0 Å². The number of halogens is 3. The van der Waals surface area contributed by atoms with E-state index in [4.69, 9.17) is 10.8 Å². The lowest BCUT2D eigenvalue weighted by Crippen LogP contribution is -2.43. The monoisotopic (exact) mass is 604 g/mol. The highest BCUT2D eigenvalue weighted by Gasteiger charge is 2.31. The first kappa shape index (κ1) is 29.3. The lowest BCUT2D eigenvalue weighted by Gasteiger charge is -2.30. The smallest absolute Gasteiger partial charge is 0.383 e. The highest BCUT2D eigenvalue weighted by Crippen LogP contribution is 2.39. The van der Waals surface area contributed by atoms with Crippen LogP contribution in [0, 0.1) is 0 Å². The molecule has 2 aliphatic rings. The fourth-order valence-corrected chi connectivity index (χ4v) is 5.84. The molecular weight excluding hydrogens is 573 g/mol. The van der Waals surface area contributed by atoms with E-state index in [2.05, 4.69) is 25.9 Å². The molecule has 1 saturated carbocycles. The second-order valence-electron chi connectivity index (χ2n) is 11.0. The zero-order valence-corrected chi connectivity index (χ0v) is 23.7. The number of amides is 2. The number of aromatic nitrogens is 4. The summed E-state index contributed by atoms with van der Waals surface area (Å²) < 4.78 is 41.3. The van der Waals surface area contributed by atoms with Gasteiger partial charge in [0.15, 0.2) is 0 Å². The number of carbonyl (C=O) groups is 2. The van der Waals surface area contributed by atoms with Gasteiger partial charge >= 0.3 is 6.18 Å². The Bertz CT molecular complexity index is 1730. The molecule has 4 heterocycles. The summed E-state index contributed by atoms with van der Waals surface area (Å²) in [6.07, 6.45) is 6.35. The fraction of sp³-hybridized carbons (Fsp3) is 0.323. The Morgan fingerprint density at radius 2 is 1.93 bits per heavy atom. The van der Waals surface area contributed by atoms with Crippen molar-refractivity contribution in [3.63, 3.8) is 0 Å². The summed E-state index contributed by atoms with van der Waals surface area (Å²) >= 11 is 0. The van der Waals surface area contributed by atoms with Gasteiger partial charge in [0.1, 0.15) is 17.3 Å². The maximum Gasteiger partial charge on any atom is 0.416 e. The maximum absolute atomic E-state index is 13.1. The zero-order valence-electron chi connectivity index (χ0n) is 23.7. The maximum atomic E-state index is 13.1. The highest BCUT2D eigenvalue weighted by atomic mass is 19.4. The summed E-state index contributed by atoms with van der Waals surface area (Å²) in [6, 6.07) is 8.26. The van der Waals surface area contributed by atoms with E-state index in [1.165, 1.54) is 0 Å². The number of anilines is 2. The average molecular weight is 605 g/mol. The minimum Gasteiger partial charge on any atom is -0.383 e. The summed E-state index contributed by atoms with van der Waals surface area (Å²) in [5.74, 6) is -0.509. The van der Waals surface area contributed by atoms with Crippen LogP contribution in [0.2, 0.25) is 0 Å². The number of hydrogen-bond donors (Lipinski definition) is 4. The molecular formula is C31H31F3N8O2. The molecule has 13 heteroatoms. The second-order valence-corrected chi connectivity index (χ2v) is 11.0. The van der Waals surface area contributed by atoms with Crippen LogP contribution in [0.1, 0.15) is 59.6 Å². The molecule has 4 aromatic rings. The molecule has 44 heavy (non-hydrogen) atoms. The van der Waals surface area contributed by atoms with Crippen molar-refractivity contribution < 1.29 is 22.8 Å². The third kappa shape index (κ3) is 6.13. The Morgan fingerprint density at radius 3 is 2.73 bits per heavy atom. The quantitative estimate of drug-likeness (QED) is 0.259. The van der Waals surface area contributed by atoms with Gasteiger partial charge < -0.3 is 21.7 Å². The van der Waals surface area contributed by atoms with E-state index in [9.17, 15) is 22.8 Å². The van der Waals surface area contributed by atoms with Crippen molar-refractivity contribution in [3.05, 3.63) is 71.6 Å². The molecule has 1 aliphatic heterocycles. The second kappa shape index (κ2) is 12.1. The Hall–Kier alpha value is -4.78. The normalized spacial score (nSPS) is 19.3. The summed E-state index contributed by atoms with van der Waals surface area (Å²) in [6.45, 7) is 0.918. The van der Waals surface area contributed by atoms with E-state index in [1.54, 1.807) is 30.5 Å². The minimum absolute atomic E-state index is 0.0140. The minimum atomic E-state index is -4.55. The predicted molar refractivity (Wildman–Crippen MR) is 161 cm³/mol. The van der Waals surface area contributed by atoms with Gasteiger partial charge in [-0.25, -0.2) is 9.97 Å². The number of alkyl halides is 3. The van der Waals surface area contributed by atoms with E-state index in [0.717, 1.165) is 55.1 Å². The fourth-order valence-electron chi connectivity index (χ4n) is 5.84. The summed E-state index contributed by atoms with van der Waals surface area (Å²) in [5.41, 5.74) is 8.81. The first-order valence-corrected chi connectivity index (χ1v) is 14.5.